The first-order valence-electron chi connectivity index (χ1n) is 5.46. The summed E-state index contributed by atoms with van der Waals surface area (Å²) in [4.78, 5) is 11.3. The van der Waals surface area contributed by atoms with Gasteiger partial charge < -0.3 is 0 Å². The van der Waals surface area contributed by atoms with Crippen LogP contribution in [0.5, 0.6) is 0 Å². The topological polar surface area (TPSA) is 17.1 Å². The highest BCUT2D eigenvalue weighted by molar-refractivity contribution is 6.01. The summed E-state index contributed by atoms with van der Waals surface area (Å²) in [6, 6.07) is 6.52. The van der Waals surface area contributed by atoms with Crippen molar-refractivity contribution in [2.75, 3.05) is 0 Å². The van der Waals surface area contributed by atoms with Crippen LogP contribution >= 0.6 is 0 Å². The van der Waals surface area contributed by atoms with Gasteiger partial charge in [-0.15, -0.1) is 0 Å². The Kier molecular flexibility index (Phi) is 4.16. The number of hydrogen-bond acceptors (Lipinski definition) is 1. The van der Waals surface area contributed by atoms with Gasteiger partial charge in [-0.2, -0.15) is 8.78 Å². The maximum Gasteiger partial charge on any atom is 0.307 e. The number of unbranched alkanes of at least 4 members (excludes halogenated alkanes) is 1. The number of alkyl halides is 2. The molecule has 0 fully saturated rings. The zero-order chi connectivity index (χ0) is 12.2. The Morgan fingerprint density at radius 1 is 1.38 bits per heavy atom. The zero-order valence-corrected chi connectivity index (χ0v) is 9.59. The Bertz CT molecular complexity index is 366. The number of ketones is 1. The number of hydrogen-bond donors (Lipinski definition) is 0. The Balaban J connectivity index is 2.86. The van der Waals surface area contributed by atoms with Crippen LogP contribution in [0.25, 0.3) is 0 Å². The van der Waals surface area contributed by atoms with E-state index in [1.54, 1.807) is 12.1 Å². The van der Waals surface area contributed by atoms with E-state index in [2.05, 4.69) is 6.92 Å². The average Bonchev–Trinajstić information content (AvgIpc) is 2.24. The van der Waals surface area contributed by atoms with Crippen molar-refractivity contribution in [2.24, 2.45) is 0 Å². The van der Waals surface area contributed by atoms with Gasteiger partial charge in [0, 0.05) is 12.5 Å². The number of aryl methyl sites for hydroxylation is 1. The summed E-state index contributed by atoms with van der Waals surface area (Å²) in [5, 5.41) is 0. The van der Waals surface area contributed by atoms with E-state index in [9.17, 15) is 13.6 Å². The fourth-order valence-electron chi connectivity index (χ4n) is 1.50. The molecule has 0 bridgehead atoms. The average molecular weight is 226 g/mol. The van der Waals surface area contributed by atoms with E-state index in [-0.39, 0.29) is 5.56 Å². The first kappa shape index (κ1) is 12.8. The van der Waals surface area contributed by atoms with Crippen LogP contribution in [0.1, 0.15) is 42.6 Å². The lowest BCUT2D eigenvalue weighted by Crippen LogP contribution is -2.24. The Morgan fingerprint density at radius 2 is 2.06 bits per heavy atom. The number of carbonyl (C=O) groups is 1. The van der Waals surface area contributed by atoms with Gasteiger partial charge in [-0.3, -0.25) is 4.79 Å². The second-order valence-electron chi connectivity index (χ2n) is 4.02. The quantitative estimate of drug-likeness (QED) is 0.696. The van der Waals surface area contributed by atoms with Crippen molar-refractivity contribution in [2.45, 2.75) is 39.0 Å². The molecule has 16 heavy (non-hydrogen) atoms. The number of rotatable bonds is 5. The standard InChI is InChI=1S/C13H16F2O/c1-3-4-6-10-7-5-8-11(9-10)12(16)13(2,14)15/h5,7-9H,3-4,6H2,1-2H3. The molecule has 88 valence electrons. The van der Waals surface area contributed by atoms with Crippen LogP contribution in [0, 0.1) is 0 Å². The van der Waals surface area contributed by atoms with Gasteiger partial charge in [-0.05, 0) is 24.5 Å². The highest BCUT2D eigenvalue weighted by Gasteiger charge is 2.32. The van der Waals surface area contributed by atoms with Gasteiger partial charge in [0.25, 0.3) is 0 Å². The van der Waals surface area contributed by atoms with Crippen molar-refractivity contribution in [3.05, 3.63) is 35.4 Å². The van der Waals surface area contributed by atoms with Crippen LogP contribution in [0.3, 0.4) is 0 Å². The van der Waals surface area contributed by atoms with E-state index < -0.39 is 11.7 Å². The van der Waals surface area contributed by atoms with E-state index in [1.165, 1.54) is 6.07 Å². The molecule has 0 aliphatic carbocycles. The summed E-state index contributed by atoms with van der Waals surface area (Å²) in [6.45, 7) is 2.70. The Morgan fingerprint density at radius 3 is 2.62 bits per heavy atom. The highest BCUT2D eigenvalue weighted by atomic mass is 19.3. The van der Waals surface area contributed by atoms with Crippen LogP contribution in [-0.2, 0) is 6.42 Å². The summed E-state index contributed by atoms with van der Waals surface area (Å²) in [5.41, 5.74) is 1.04. The molecule has 0 heterocycles. The van der Waals surface area contributed by atoms with Gasteiger partial charge >= 0.3 is 5.92 Å². The van der Waals surface area contributed by atoms with Crippen LogP contribution in [0.2, 0.25) is 0 Å². The van der Waals surface area contributed by atoms with E-state index in [4.69, 9.17) is 0 Å². The molecule has 0 aromatic heterocycles. The van der Waals surface area contributed by atoms with E-state index in [0.29, 0.717) is 6.92 Å². The molecule has 0 spiro atoms. The van der Waals surface area contributed by atoms with Gasteiger partial charge in [0.1, 0.15) is 0 Å². The Hall–Kier alpha value is -1.25. The molecular weight excluding hydrogens is 210 g/mol. The maximum atomic E-state index is 12.8. The second-order valence-corrected chi connectivity index (χ2v) is 4.02. The largest absolute Gasteiger partial charge is 0.307 e. The lowest BCUT2D eigenvalue weighted by atomic mass is 10.0. The third kappa shape index (κ3) is 3.40. The third-order valence-electron chi connectivity index (χ3n) is 2.41. The second kappa shape index (κ2) is 5.19. The van der Waals surface area contributed by atoms with Crippen molar-refractivity contribution in [1.29, 1.82) is 0 Å². The molecule has 0 saturated carbocycles. The molecule has 0 atom stereocenters. The fourth-order valence-corrected chi connectivity index (χ4v) is 1.50. The lowest BCUT2D eigenvalue weighted by Gasteiger charge is -2.09. The molecule has 3 heteroatoms. The molecule has 0 radical (unpaired) electrons. The minimum absolute atomic E-state index is 0.0982. The third-order valence-corrected chi connectivity index (χ3v) is 2.41. The van der Waals surface area contributed by atoms with Crippen LogP contribution in [-0.4, -0.2) is 11.7 Å². The highest BCUT2D eigenvalue weighted by Crippen LogP contribution is 2.20. The maximum absolute atomic E-state index is 12.8. The SMILES string of the molecule is CCCCc1cccc(C(=O)C(C)(F)F)c1. The summed E-state index contributed by atoms with van der Waals surface area (Å²) < 4.78 is 25.7. The van der Waals surface area contributed by atoms with Crippen LogP contribution < -0.4 is 0 Å². The van der Waals surface area contributed by atoms with Crippen molar-refractivity contribution in [3.63, 3.8) is 0 Å². The normalized spacial score (nSPS) is 11.5. The summed E-state index contributed by atoms with van der Waals surface area (Å²) in [5.74, 6) is -4.39. The minimum atomic E-state index is -3.29. The minimum Gasteiger partial charge on any atom is -0.287 e. The predicted molar refractivity (Wildman–Crippen MR) is 60.0 cm³/mol. The Labute approximate surface area is 94.5 Å². The van der Waals surface area contributed by atoms with Crippen LogP contribution in [0.4, 0.5) is 8.78 Å². The van der Waals surface area contributed by atoms with Crippen molar-refractivity contribution in [1.82, 2.24) is 0 Å². The first-order chi connectivity index (χ1) is 7.45. The smallest absolute Gasteiger partial charge is 0.287 e. The molecule has 0 unspecified atom stereocenters. The molecule has 0 amide bonds. The first-order valence-corrected chi connectivity index (χ1v) is 5.46. The van der Waals surface area contributed by atoms with Gasteiger partial charge in [0.15, 0.2) is 0 Å². The van der Waals surface area contributed by atoms with Gasteiger partial charge in [-0.1, -0.05) is 31.5 Å². The predicted octanol–water partition coefficient (Wildman–Crippen LogP) is 3.87. The monoisotopic (exact) mass is 226 g/mol. The molecular formula is C13H16F2O. The van der Waals surface area contributed by atoms with Gasteiger partial charge in [0.05, 0.1) is 0 Å². The van der Waals surface area contributed by atoms with Crippen molar-refractivity contribution in [3.8, 4) is 0 Å². The van der Waals surface area contributed by atoms with Crippen molar-refractivity contribution < 1.29 is 13.6 Å². The molecule has 1 aromatic rings. The van der Waals surface area contributed by atoms with E-state index in [1.807, 2.05) is 6.07 Å². The summed E-state index contributed by atoms with van der Waals surface area (Å²) in [6.07, 6.45) is 2.87. The molecule has 1 nitrogen and oxygen atoms in total. The number of benzene rings is 1. The van der Waals surface area contributed by atoms with Gasteiger partial charge in [0.2, 0.25) is 5.78 Å². The molecule has 1 rings (SSSR count). The fraction of sp³-hybridized carbons (Fsp3) is 0.462. The van der Waals surface area contributed by atoms with Gasteiger partial charge in [-0.25, -0.2) is 0 Å². The number of Topliss-reactive ketones (excluding diaryl/α,β-unsaturated/α-hetero) is 1. The molecule has 0 saturated heterocycles. The summed E-state index contributed by atoms with van der Waals surface area (Å²) in [7, 11) is 0. The molecule has 1 aromatic carbocycles. The zero-order valence-electron chi connectivity index (χ0n) is 9.59. The molecule has 0 aliphatic rings. The van der Waals surface area contributed by atoms with E-state index >= 15 is 0 Å². The summed E-state index contributed by atoms with van der Waals surface area (Å²) >= 11 is 0. The lowest BCUT2D eigenvalue weighted by molar-refractivity contribution is 0.0221. The molecule has 0 aliphatic heterocycles. The van der Waals surface area contributed by atoms with Crippen molar-refractivity contribution >= 4 is 5.78 Å². The number of halogens is 2. The van der Waals surface area contributed by atoms with E-state index in [0.717, 1.165) is 24.8 Å². The molecule has 0 N–H and O–H groups in total. The number of carbonyl (C=O) groups excluding carboxylic acids is 1. The van der Waals surface area contributed by atoms with Crippen LogP contribution in [0.15, 0.2) is 24.3 Å².